The summed E-state index contributed by atoms with van der Waals surface area (Å²) in [4.78, 5) is 12.2. The molecule has 0 aliphatic heterocycles. The number of anilines is 1. The monoisotopic (exact) mass is 311 g/mol. The van der Waals surface area contributed by atoms with E-state index in [9.17, 15) is 4.79 Å². The lowest BCUT2D eigenvalue weighted by Crippen LogP contribution is -2.26. The van der Waals surface area contributed by atoms with E-state index < -0.39 is 0 Å². The molecule has 0 bridgehead atoms. The van der Waals surface area contributed by atoms with Crippen molar-refractivity contribution in [2.45, 2.75) is 40.0 Å². The van der Waals surface area contributed by atoms with Gasteiger partial charge in [0, 0.05) is 16.1 Å². The van der Waals surface area contributed by atoms with Gasteiger partial charge in [-0.15, -0.1) is 0 Å². The molecule has 0 saturated carbocycles. The maximum absolute atomic E-state index is 12.2. The zero-order valence-corrected chi connectivity index (χ0v) is 13.0. The summed E-state index contributed by atoms with van der Waals surface area (Å²) >= 11 is 3.39. The van der Waals surface area contributed by atoms with Crippen LogP contribution in [0.15, 0.2) is 28.7 Å². The fourth-order valence-electron chi connectivity index (χ4n) is 1.96. The molecule has 3 heteroatoms. The molecule has 1 aromatic carbocycles. The Bertz CT molecular complexity index is 373. The van der Waals surface area contributed by atoms with Crippen LogP contribution in [0.2, 0.25) is 0 Å². The Hall–Kier alpha value is -0.830. The average molecular weight is 312 g/mol. The lowest BCUT2D eigenvalue weighted by molar-refractivity contribution is -0.121. The van der Waals surface area contributed by atoms with E-state index in [2.05, 4.69) is 42.0 Å². The SMILES string of the molecule is CCCCC(C(=O)Nc1ccc(Br)cc1)C(C)C. The summed E-state index contributed by atoms with van der Waals surface area (Å²) in [5.74, 6) is 0.626. The highest BCUT2D eigenvalue weighted by atomic mass is 79.9. The Morgan fingerprint density at radius 2 is 1.89 bits per heavy atom. The molecule has 0 aromatic heterocycles. The Morgan fingerprint density at radius 1 is 1.28 bits per heavy atom. The number of hydrogen-bond donors (Lipinski definition) is 1. The van der Waals surface area contributed by atoms with Crippen LogP contribution in [0, 0.1) is 11.8 Å². The molecule has 0 fully saturated rings. The number of benzene rings is 1. The van der Waals surface area contributed by atoms with Gasteiger partial charge in [0.15, 0.2) is 0 Å². The number of nitrogens with one attached hydrogen (secondary N) is 1. The van der Waals surface area contributed by atoms with Gasteiger partial charge in [0.1, 0.15) is 0 Å². The zero-order valence-electron chi connectivity index (χ0n) is 11.4. The summed E-state index contributed by atoms with van der Waals surface area (Å²) in [6.07, 6.45) is 3.21. The maximum atomic E-state index is 12.2. The van der Waals surface area contributed by atoms with E-state index in [1.807, 2.05) is 24.3 Å². The van der Waals surface area contributed by atoms with Gasteiger partial charge < -0.3 is 5.32 Å². The van der Waals surface area contributed by atoms with E-state index in [0.29, 0.717) is 5.92 Å². The van der Waals surface area contributed by atoms with Crippen LogP contribution >= 0.6 is 15.9 Å². The Kier molecular flexibility index (Phi) is 6.41. The topological polar surface area (TPSA) is 29.1 Å². The third-order valence-corrected chi connectivity index (χ3v) is 3.65. The highest BCUT2D eigenvalue weighted by Gasteiger charge is 2.21. The summed E-state index contributed by atoms with van der Waals surface area (Å²) in [5.41, 5.74) is 0.866. The quantitative estimate of drug-likeness (QED) is 0.799. The minimum atomic E-state index is 0.105. The zero-order chi connectivity index (χ0) is 13.5. The highest BCUT2D eigenvalue weighted by molar-refractivity contribution is 9.10. The van der Waals surface area contributed by atoms with E-state index in [1.165, 1.54) is 0 Å². The van der Waals surface area contributed by atoms with Crippen molar-refractivity contribution in [3.05, 3.63) is 28.7 Å². The standard InChI is InChI=1S/C15H22BrNO/c1-4-5-6-14(11(2)3)15(18)17-13-9-7-12(16)8-10-13/h7-11,14H,4-6H2,1-3H3,(H,17,18). The second-order valence-corrected chi connectivity index (χ2v) is 5.90. The van der Waals surface area contributed by atoms with Crippen LogP contribution in [-0.2, 0) is 4.79 Å². The van der Waals surface area contributed by atoms with Crippen molar-refractivity contribution < 1.29 is 4.79 Å². The van der Waals surface area contributed by atoms with Crippen LogP contribution in [0.25, 0.3) is 0 Å². The molecule has 1 aromatic rings. The third kappa shape index (κ3) is 4.81. The molecule has 0 spiro atoms. The Labute approximate surface area is 118 Å². The molecule has 0 radical (unpaired) electrons. The number of unbranched alkanes of at least 4 members (excludes halogenated alkanes) is 1. The smallest absolute Gasteiger partial charge is 0.227 e. The van der Waals surface area contributed by atoms with Crippen LogP contribution in [0.3, 0.4) is 0 Å². The van der Waals surface area contributed by atoms with Gasteiger partial charge in [-0.25, -0.2) is 0 Å². The van der Waals surface area contributed by atoms with Crippen molar-refractivity contribution >= 4 is 27.5 Å². The first-order valence-electron chi connectivity index (χ1n) is 6.61. The number of carbonyl (C=O) groups is 1. The highest BCUT2D eigenvalue weighted by Crippen LogP contribution is 2.21. The van der Waals surface area contributed by atoms with Crippen LogP contribution in [0.4, 0.5) is 5.69 Å². The van der Waals surface area contributed by atoms with E-state index in [4.69, 9.17) is 0 Å². The number of carbonyl (C=O) groups excluding carboxylic acids is 1. The number of halogens is 1. The predicted octanol–water partition coefficient (Wildman–Crippen LogP) is 4.85. The first kappa shape index (κ1) is 15.2. The summed E-state index contributed by atoms with van der Waals surface area (Å²) in [5, 5.41) is 3.00. The molecule has 0 saturated heterocycles. The lowest BCUT2D eigenvalue weighted by Gasteiger charge is -2.20. The fraction of sp³-hybridized carbons (Fsp3) is 0.533. The van der Waals surface area contributed by atoms with Crippen molar-refractivity contribution in [2.75, 3.05) is 5.32 Å². The van der Waals surface area contributed by atoms with Crippen molar-refractivity contribution in [1.29, 1.82) is 0 Å². The van der Waals surface area contributed by atoms with Crippen LogP contribution in [0.1, 0.15) is 40.0 Å². The summed E-state index contributed by atoms with van der Waals surface area (Å²) in [7, 11) is 0. The minimum Gasteiger partial charge on any atom is -0.326 e. The lowest BCUT2D eigenvalue weighted by atomic mass is 9.90. The molecule has 1 N–H and O–H groups in total. The largest absolute Gasteiger partial charge is 0.326 e. The summed E-state index contributed by atoms with van der Waals surface area (Å²) < 4.78 is 1.02. The van der Waals surface area contributed by atoms with E-state index >= 15 is 0 Å². The molecule has 0 aliphatic rings. The third-order valence-electron chi connectivity index (χ3n) is 3.12. The van der Waals surface area contributed by atoms with Gasteiger partial charge in [-0.05, 0) is 36.6 Å². The van der Waals surface area contributed by atoms with Gasteiger partial charge >= 0.3 is 0 Å². The van der Waals surface area contributed by atoms with Gasteiger partial charge in [-0.2, -0.15) is 0 Å². The molecule has 2 nitrogen and oxygen atoms in total. The van der Waals surface area contributed by atoms with Crippen molar-refractivity contribution in [2.24, 2.45) is 11.8 Å². The predicted molar refractivity (Wildman–Crippen MR) is 80.6 cm³/mol. The second kappa shape index (κ2) is 7.57. The molecule has 100 valence electrons. The van der Waals surface area contributed by atoms with E-state index in [1.54, 1.807) is 0 Å². The fourth-order valence-corrected chi connectivity index (χ4v) is 2.22. The Morgan fingerprint density at radius 3 is 2.39 bits per heavy atom. The van der Waals surface area contributed by atoms with E-state index in [0.717, 1.165) is 29.4 Å². The maximum Gasteiger partial charge on any atom is 0.227 e. The molecule has 1 rings (SSSR count). The molecule has 1 unspecified atom stereocenters. The number of amides is 1. The van der Waals surface area contributed by atoms with Gasteiger partial charge in [-0.3, -0.25) is 4.79 Å². The second-order valence-electron chi connectivity index (χ2n) is 4.99. The summed E-state index contributed by atoms with van der Waals surface area (Å²) in [6.45, 7) is 6.38. The molecule has 18 heavy (non-hydrogen) atoms. The van der Waals surface area contributed by atoms with Gasteiger partial charge in [0.2, 0.25) is 5.91 Å². The average Bonchev–Trinajstić information content (AvgIpc) is 2.32. The van der Waals surface area contributed by atoms with Crippen molar-refractivity contribution in [3.8, 4) is 0 Å². The van der Waals surface area contributed by atoms with Crippen LogP contribution in [0.5, 0.6) is 0 Å². The molecule has 0 heterocycles. The summed E-state index contributed by atoms with van der Waals surface area (Å²) in [6, 6.07) is 7.70. The first-order chi connectivity index (χ1) is 8.54. The van der Waals surface area contributed by atoms with Crippen molar-refractivity contribution in [1.82, 2.24) is 0 Å². The number of rotatable bonds is 6. The Balaban J connectivity index is 2.63. The molecular weight excluding hydrogens is 290 g/mol. The molecule has 1 atom stereocenters. The van der Waals surface area contributed by atoms with Gasteiger partial charge in [0.25, 0.3) is 0 Å². The minimum absolute atomic E-state index is 0.105. The normalized spacial score (nSPS) is 12.5. The first-order valence-corrected chi connectivity index (χ1v) is 7.40. The number of hydrogen-bond acceptors (Lipinski definition) is 1. The van der Waals surface area contributed by atoms with Crippen molar-refractivity contribution in [3.63, 3.8) is 0 Å². The molecule has 0 aliphatic carbocycles. The van der Waals surface area contributed by atoms with Gasteiger partial charge in [0.05, 0.1) is 0 Å². The molecule has 1 amide bonds. The van der Waals surface area contributed by atoms with Crippen LogP contribution < -0.4 is 5.32 Å². The van der Waals surface area contributed by atoms with E-state index in [-0.39, 0.29) is 11.8 Å². The van der Waals surface area contributed by atoms with Crippen LogP contribution in [-0.4, -0.2) is 5.91 Å². The van der Waals surface area contributed by atoms with Gasteiger partial charge in [-0.1, -0.05) is 49.5 Å². The molecular formula is C15H22BrNO.